The van der Waals surface area contributed by atoms with E-state index in [1.54, 1.807) is 0 Å². The summed E-state index contributed by atoms with van der Waals surface area (Å²) in [6, 6.07) is 16.8. The number of aryl methyl sites for hydroxylation is 1. The Bertz CT molecular complexity index is 1240. The third-order valence-corrected chi connectivity index (χ3v) is 6.94. The van der Waals surface area contributed by atoms with Crippen LogP contribution < -0.4 is 16.0 Å². The van der Waals surface area contributed by atoms with Crippen molar-refractivity contribution in [2.45, 2.75) is 26.4 Å². The Balaban J connectivity index is 1.18. The van der Waals surface area contributed by atoms with E-state index in [0.29, 0.717) is 17.1 Å². The number of anilines is 2. The molecular formula is C24H25N5OS. The Kier molecular flexibility index (Phi) is 5.11. The van der Waals surface area contributed by atoms with E-state index in [-0.39, 0.29) is 5.91 Å². The first kappa shape index (κ1) is 19.6. The lowest BCUT2D eigenvalue weighted by Crippen LogP contribution is -2.33. The number of pyridine rings is 1. The number of hydrogen-bond acceptors (Lipinski definition) is 5. The molecule has 7 heteroatoms. The lowest BCUT2D eigenvalue weighted by atomic mass is 10.1. The van der Waals surface area contributed by atoms with E-state index in [1.807, 2.05) is 19.1 Å². The van der Waals surface area contributed by atoms with Crippen LogP contribution in [0, 0.1) is 6.92 Å². The Labute approximate surface area is 185 Å². The molecule has 0 radical (unpaired) electrons. The number of amides is 1. The second-order valence-corrected chi connectivity index (χ2v) is 8.94. The summed E-state index contributed by atoms with van der Waals surface area (Å²) in [5.41, 5.74) is 11.4. The number of nitrogens with one attached hydrogen (secondary N) is 1. The van der Waals surface area contributed by atoms with Crippen molar-refractivity contribution in [3.05, 3.63) is 76.6 Å². The Morgan fingerprint density at radius 3 is 2.84 bits per heavy atom. The van der Waals surface area contributed by atoms with Crippen LogP contribution in [0.5, 0.6) is 0 Å². The molecular weight excluding hydrogens is 406 g/mol. The van der Waals surface area contributed by atoms with Gasteiger partial charge in [-0.1, -0.05) is 12.1 Å². The molecule has 158 valence electrons. The predicted octanol–water partition coefficient (Wildman–Crippen LogP) is 3.98. The predicted molar refractivity (Wildman–Crippen MR) is 127 cm³/mol. The Morgan fingerprint density at radius 2 is 2.00 bits per heavy atom. The van der Waals surface area contributed by atoms with E-state index in [9.17, 15) is 4.79 Å². The second kappa shape index (κ2) is 8.07. The molecule has 6 nitrogen and oxygen atoms in total. The van der Waals surface area contributed by atoms with Crippen LogP contribution in [0.1, 0.15) is 26.6 Å². The molecule has 0 unspecified atom stereocenters. The molecule has 0 saturated heterocycles. The average Bonchev–Trinajstić information content (AvgIpc) is 3.37. The van der Waals surface area contributed by atoms with Crippen molar-refractivity contribution in [3.8, 4) is 0 Å². The molecule has 3 N–H and O–H groups in total. The molecule has 0 bridgehead atoms. The molecule has 4 heterocycles. The number of carbonyl (C=O) groups excluding carboxylic acids is 1. The fourth-order valence-electron chi connectivity index (χ4n) is 4.07. The number of nitrogens with two attached hydrogens (primary N) is 1. The number of hydrogen-bond donors (Lipinski definition) is 2. The topological polar surface area (TPSA) is 76.2 Å². The van der Waals surface area contributed by atoms with Crippen LogP contribution in [-0.2, 0) is 19.5 Å². The summed E-state index contributed by atoms with van der Waals surface area (Å²) >= 11 is 1.35. The smallest absolute Gasteiger partial charge is 0.263 e. The molecule has 31 heavy (non-hydrogen) atoms. The van der Waals surface area contributed by atoms with Crippen LogP contribution in [0.4, 0.5) is 11.4 Å². The highest BCUT2D eigenvalue weighted by molar-refractivity contribution is 7.21. The molecule has 0 spiro atoms. The lowest BCUT2D eigenvalue weighted by Gasteiger charge is -2.30. The lowest BCUT2D eigenvalue weighted by molar-refractivity contribution is 0.0959. The molecule has 4 aromatic rings. The highest BCUT2D eigenvalue weighted by Crippen LogP contribution is 2.32. The third kappa shape index (κ3) is 3.88. The summed E-state index contributed by atoms with van der Waals surface area (Å²) in [7, 11) is 0. The maximum absolute atomic E-state index is 12.6. The molecule has 3 aromatic heterocycles. The summed E-state index contributed by atoms with van der Waals surface area (Å²) < 4.78 is 2.31. The average molecular weight is 432 g/mol. The van der Waals surface area contributed by atoms with E-state index in [4.69, 9.17) is 5.73 Å². The normalized spacial score (nSPS) is 13.4. The molecule has 1 aromatic carbocycles. The van der Waals surface area contributed by atoms with Crippen molar-refractivity contribution >= 4 is 38.8 Å². The zero-order valence-electron chi connectivity index (χ0n) is 17.5. The van der Waals surface area contributed by atoms with Crippen molar-refractivity contribution in [1.82, 2.24) is 14.9 Å². The number of nitrogens with zero attached hydrogens (tertiary/aromatic N) is 3. The van der Waals surface area contributed by atoms with Gasteiger partial charge in [-0.15, -0.1) is 11.3 Å². The maximum atomic E-state index is 12.6. The van der Waals surface area contributed by atoms with E-state index < -0.39 is 0 Å². The monoisotopic (exact) mass is 431 g/mol. The van der Waals surface area contributed by atoms with Crippen LogP contribution in [0.3, 0.4) is 0 Å². The van der Waals surface area contributed by atoms with Gasteiger partial charge in [0.05, 0.1) is 12.2 Å². The molecule has 1 aliphatic heterocycles. The van der Waals surface area contributed by atoms with Crippen molar-refractivity contribution in [1.29, 1.82) is 0 Å². The molecule has 0 fully saturated rings. The fraction of sp³-hybridized carbons (Fsp3) is 0.250. The first-order valence-electron chi connectivity index (χ1n) is 10.5. The maximum Gasteiger partial charge on any atom is 0.263 e. The van der Waals surface area contributed by atoms with E-state index in [2.05, 4.69) is 62.4 Å². The minimum Gasteiger partial charge on any atom is -0.397 e. The van der Waals surface area contributed by atoms with Crippen molar-refractivity contribution in [2.24, 2.45) is 0 Å². The van der Waals surface area contributed by atoms with Crippen molar-refractivity contribution in [2.75, 3.05) is 23.7 Å². The minimum absolute atomic E-state index is 0.133. The molecule has 5 rings (SSSR count). The second-order valence-electron chi connectivity index (χ2n) is 7.94. The molecule has 1 aliphatic rings. The van der Waals surface area contributed by atoms with E-state index in [0.717, 1.165) is 42.0 Å². The summed E-state index contributed by atoms with van der Waals surface area (Å²) in [6.07, 6.45) is 2.92. The number of fused-ring (bicyclic) bond motifs is 2. The van der Waals surface area contributed by atoms with Crippen LogP contribution in [0.2, 0.25) is 0 Å². The largest absolute Gasteiger partial charge is 0.397 e. The van der Waals surface area contributed by atoms with Crippen molar-refractivity contribution < 1.29 is 4.79 Å². The van der Waals surface area contributed by atoms with Gasteiger partial charge in [-0.05, 0) is 55.3 Å². The highest BCUT2D eigenvalue weighted by atomic mass is 32.1. The van der Waals surface area contributed by atoms with E-state index >= 15 is 0 Å². The quantitative estimate of drug-likeness (QED) is 0.501. The van der Waals surface area contributed by atoms with E-state index in [1.165, 1.54) is 28.3 Å². The zero-order valence-corrected chi connectivity index (χ0v) is 18.3. The fourth-order valence-corrected chi connectivity index (χ4v) is 5.12. The number of carbonyl (C=O) groups is 1. The SMILES string of the molecule is Cc1ccc2c(N)c(C(=O)NCCc3ccc(N4CCn5cccc5C4)cc3)sc2n1. The highest BCUT2D eigenvalue weighted by Gasteiger charge is 2.17. The van der Waals surface area contributed by atoms with Gasteiger partial charge >= 0.3 is 0 Å². The van der Waals surface area contributed by atoms with Gasteiger partial charge in [-0.2, -0.15) is 0 Å². The summed E-state index contributed by atoms with van der Waals surface area (Å²) in [5.74, 6) is -0.133. The number of aromatic nitrogens is 2. The number of nitrogen functional groups attached to an aromatic ring is 1. The Morgan fingerprint density at radius 1 is 1.16 bits per heavy atom. The minimum atomic E-state index is -0.133. The summed E-state index contributed by atoms with van der Waals surface area (Å²) in [6.45, 7) is 5.47. The van der Waals surface area contributed by atoms with Gasteiger partial charge < -0.3 is 20.5 Å². The van der Waals surface area contributed by atoms with Gasteiger partial charge in [0.25, 0.3) is 5.91 Å². The van der Waals surface area contributed by atoms with Gasteiger partial charge in [-0.3, -0.25) is 4.79 Å². The van der Waals surface area contributed by atoms with Crippen molar-refractivity contribution in [3.63, 3.8) is 0 Å². The van der Waals surface area contributed by atoms with Crippen LogP contribution in [0.25, 0.3) is 10.2 Å². The number of benzene rings is 1. The number of rotatable bonds is 5. The van der Waals surface area contributed by atoms with Crippen LogP contribution in [0.15, 0.2) is 54.7 Å². The van der Waals surface area contributed by atoms with Gasteiger partial charge in [-0.25, -0.2) is 4.98 Å². The van der Waals surface area contributed by atoms with Crippen LogP contribution >= 0.6 is 11.3 Å². The molecule has 0 saturated carbocycles. The third-order valence-electron chi connectivity index (χ3n) is 5.83. The first-order chi connectivity index (χ1) is 15.1. The standard InChI is InChI=1S/C24H25N5OS/c1-16-4-9-20-21(25)22(31-24(20)27-16)23(30)26-11-10-17-5-7-18(8-6-17)29-14-13-28-12-2-3-19(28)15-29/h2-9,12H,10-11,13-15,25H2,1H3,(H,26,30). The number of thiophene rings is 1. The summed E-state index contributed by atoms with van der Waals surface area (Å²) in [4.78, 5) is 20.9. The van der Waals surface area contributed by atoms with Gasteiger partial charge in [0, 0.05) is 48.3 Å². The van der Waals surface area contributed by atoms with Crippen LogP contribution in [-0.4, -0.2) is 28.5 Å². The molecule has 0 aliphatic carbocycles. The first-order valence-corrected chi connectivity index (χ1v) is 11.3. The molecule has 1 amide bonds. The van der Waals surface area contributed by atoms with Gasteiger partial charge in [0.2, 0.25) is 0 Å². The van der Waals surface area contributed by atoms with Gasteiger partial charge in [0.1, 0.15) is 9.71 Å². The Hall–Kier alpha value is -3.32. The van der Waals surface area contributed by atoms with Gasteiger partial charge in [0.15, 0.2) is 0 Å². The summed E-state index contributed by atoms with van der Waals surface area (Å²) in [5, 5.41) is 3.85. The zero-order chi connectivity index (χ0) is 21.4. The molecule has 0 atom stereocenters.